The van der Waals surface area contributed by atoms with Crippen LogP contribution < -0.4 is 0 Å². The number of rotatable bonds is 3. The molecule has 9 aromatic rings. The van der Waals surface area contributed by atoms with Crippen LogP contribution in [0, 0.1) is 23.7 Å². The molecular weight excluding hydrogens is 718 g/mol. The summed E-state index contributed by atoms with van der Waals surface area (Å²) in [5, 5.41) is 5.47. The monoisotopic (exact) mass is 757 g/mol. The number of hydrogen-bond donors (Lipinski definition) is 0. The molecule has 258 valence electrons. The van der Waals surface area contributed by atoms with Gasteiger partial charge < -0.3 is 0 Å². The summed E-state index contributed by atoms with van der Waals surface area (Å²) < 4.78 is 5.46. The van der Waals surface area contributed by atoms with Gasteiger partial charge in [-0.1, -0.05) is 48.5 Å². The van der Waals surface area contributed by atoms with E-state index >= 15 is 0 Å². The predicted octanol–water partition coefficient (Wildman–Crippen LogP) is 13.2. The molecule has 2 heterocycles. The van der Waals surface area contributed by atoms with Crippen LogP contribution in [0.4, 0.5) is 0 Å². The summed E-state index contributed by atoms with van der Waals surface area (Å²) in [6.45, 7) is 0. The van der Waals surface area contributed by atoms with Gasteiger partial charge in [0.15, 0.2) is 0 Å². The van der Waals surface area contributed by atoms with E-state index in [0.29, 0.717) is 14.5 Å². The molecule has 4 fully saturated rings. The first kappa shape index (κ1) is 30.2. The van der Waals surface area contributed by atoms with Gasteiger partial charge in [0.25, 0.3) is 0 Å². The number of benzene rings is 7. The summed E-state index contributed by atoms with van der Waals surface area (Å²) in [5.41, 5.74) is 15.4. The minimum atomic E-state index is 0.205. The van der Waals surface area contributed by atoms with Gasteiger partial charge in [-0.3, -0.25) is 0 Å². The van der Waals surface area contributed by atoms with E-state index in [4.69, 9.17) is 0 Å². The normalized spacial score (nSPS) is 23.6. The Kier molecular flexibility index (Phi) is 6.14. The largest absolute Gasteiger partial charge is 0.0569 e. The Bertz CT molecular complexity index is 2980. The minimum Gasteiger partial charge on any atom is -0.0569 e. The van der Waals surface area contributed by atoms with E-state index in [1.807, 2.05) is 0 Å². The third-order valence-corrected chi connectivity index (χ3v) is 16.8. The van der Waals surface area contributed by atoms with Crippen molar-refractivity contribution in [1.29, 1.82) is 0 Å². The topological polar surface area (TPSA) is 4.93 Å². The number of nitrogens with zero attached hydrogens (tertiary/aromatic N) is 1. The summed E-state index contributed by atoms with van der Waals surface area (Å²) in [5.74, 6) is 3.49. The molecule has 4 bridgehead atoms. The van der Waals surface area contributed by atoms with Crippen molar-refractivity contribution in [2.45, 2.75) is 37.5 Å². The van der Waals surface area contributed by atoms with Crippen LogP contribution in [-0.4, -0.2) is 19.1 Å². The molecule has 5 aliphatic rings. The Morgan fingerprint density at radius 2 is 1.09 bits per heavy atom. The van der Waals surface area contributed by atoms with Crippen LogP contribution in [0.3, 0.4) is 0 Å². The van der Waals surface area contributed by atoms with Crippen LogP contribution in [0.25, 0.3) is 80.2 Å². The molecule has 1 spiro atoms. The smallest absolute Gasteiger partial charge is 0.0271 e. The number of fused-ring (bicyclic) bond motifs is 9. The summed E-state index contributed by atoms with van der Waals surface area (Å²) in [4.78, 5) is 0. The SMILES string of the molecule is c1ccc2c(c1)-c1cc(-c3cccc4c3c3ccccc3n4-c3ccc(-c4ccc5[se]c6ccccc6c5c4)cc3)ccc1C21C2CC3CC(C2)CC1C3. The van der Waals surface area contributed by atoms with Crippen molar-refractivity contribution in [2.75, 3.05) is 0 Å². The molecular formula is C52H39NSe. The maximum Gasteiger partial charge on any atom is 0.0271 e. The molecule has 0 aliphatic heterocycles. The molecule has 0 radical (unpaired) electrons. The van der Waals surface area contributed by atoms with Crippen LogP contribution in [0.1, 0.15) is 43.2 Å². The van der Waals surface area contributed by atoms with Crippen LogP contribution in [-0.2, 0) is 5.41 Å². The van der Waals surface area contributed by atoms with Gasteiger partial charge in [0, 0.05) is 5.41 Å². The molecule has 0 atom stereocenters. The van der Waals surface area contributed by atoms with Crippen LogP contribution >= 0.6 is 0 Å². The average Bonchev–Trinajstić information content (AvgIpc) is 3.86. The van der Waals surface area contributed by atoms with Crippen molar-refractivity contribution in [3.63, 3.8) is 0 Å². The molecule has 7 aromatic carbocycles. The van der Waals surface area contributed by atoms with Gasteiger partial charge in [-0.2, -0.15) is 0 Å². The van der Waals surface area contributed by atoms with E-state index in [0.717, 1.165) is 23.7 Å². The van der Waals surface area contributed by atoms with Gasteiger partial charge in [0.05, 0.1) is 0 Å². The third-order valence-electron chi connectivity index (χ3n) is 14.4. The Balaban J connectivity index is 0.946. The number of para-hydroxylation sites is 1. The third kappa shape index (κ3) is 3.95. The van der Waals surface area contributed by atoms with E-state index in [2.05, 4.69) is 156 Å². The maximum atomic E-state index is 2.57. The van der Waals surface area contributed by atoms with Crippen molar-refractivity contribution in [3.05, 3.63) is 163 Å². The van der Waals surface area contributed by atoms with Crippen molar-refractivity contribution in [3.8, 4) is 39.1 Å². The minimum absolute atomic E-state index is 0.205. The van der Waals surface area contributed by atoms with E-state index in [9.17, 15) is 0 Å². The summed E-state index contributed by atoms with van der Waals surface area (Å²) >= 11 is 0.394. The molecule has 14 rings (SSSR count). The standard InChI is InChI=1S/C52H39NSe/c1-4-12-45-40(8-1)43-30-35(18-22-46(43)52(45)36-25-31-24-32(27-36)28-37(52)26-31)39-11-7-14-48-51(39)42-10-2-5-13-47(42)53(48)38-20-16-33(17-21-38)34-19-23-50-44(29-34)41-9-3-6-15-49(41)54-50/h1-23,29-32,36-37H,24-28H2. The van der Waals surface area contributed by atoms with Crippen molar-refractivity contribution >= 4 is 55.6 Å². The zero-order valence-corrected chi connectivity index (χ0v) is 31.8. The summed E-state index contributed by atoms with van der Waals surface area (Å²) in [6, 6.07) is 58.3. The average molecular weight is 757 g/mol. The van der Waals surface area contributed by atoms with Gasteiger partial charge in [-0.25, -0.2) is 0 Å². The molecule has 0 N–H and O–H groups in total. The quantitative estimate of drug-likeness (QED) is 0.158. The maximum absolute atomic E-state index is 2.57. The first-order chi connectivity index (χ1) is 26.7. The van der Waals surface area contributed by atoms with E-state index < -0.39 is 0 Å². The van der Waals surface area contributed by atoms with Gasteiger partial charge in [0.1, 0.15) is 0 Å². The predicted molar refractivity (Wildman–Crippen MR) is 227 cm³/mol. The van der Waals surface area contributed by atoms with Gasteiger partial charge in [-0.15, -0.1) is 0 Å². The second-order valence-electron chi connectivity index (χ2n) is 16.9. The summed E-state index contributed by atoms with van der Waals surface area (Å²) in [7, 11) is 0. The van der Waals surface area contributed by atoms with Crippen molar-refractivity contribution in [1.82, 2.24) is 4.57 Å². The molecule has 0 saturated heterocycles. The summed E-state index contributed by atoms with van der Waals surface area (Å²) in [6.07, 6.45) is 7.17. The van der Waals surface area contributed by atoms with E-state index in [-0.39, 0.29) is 5.41 Å². The van der Waals surface area contributed by atoms with Crippen LogP contribution in [0.2, 0.25) is 0 Å². The zero-order valence-electron chi connectivity index (χ0n) is 30.1. The second kappa shape index (κ2) is 11.0. The van der Waals surface area contributed by atoms with Gasteiger partial charge in [0.2, 0.25) is 0 Å². The Hall–Kier alpha value is -5.14. The molecule has 54 heavy (non-hydrogen) atoms. The van der Waals surface area contributed by atoms with E-state index in [1.165, 1.54) is 112 Å². The number of hydrogen-bond acceptors (Lipinski definition) is 0. The fourth-order valence-electron chi connectivity index (χ4n) is 12.6. The van der Waals surface area contributed by atoms with Gasteiger partial charge in [-0.05, 0) is 89.7 Å². The van der Waals surface area contributed by atoms with Crippen LogP contribution in [0.5, 0.6) is 0 Å². The van der Waals surface area contributed by atoms with E-state index in [1.54, 1.807) is 11.1 Å². The molecule has 4 saturated carbocycles. The molecule has 0 unspecified atom stereocenters. The second-order valence-corrected chi connectivity index (χ2v) is 19.2. The molecule has 1 nitrogen and oxygen atoms in total. The Morgan fingerprint density at radius 3 is 1.94 bits per heavy atom. The molecule has 0 amide bonds. The fraction of sp³-hybridized carbons (Fsp3) is 0.192. The van der Waals surface area contributed by atoms with Gasteiger partial charge >= 0.3 is 180 Å². The van der Waals surface area contributed by atoms with Crippen molar-refractivity contribution < 1.29 is 0 Å². The molecule has 5 aliphatic carbocycles. The Labute approximate surface area is 321 Å². The number of aromatic nitrogens is 1. The Morgan fingerprint density at radius 1 is 0.444 bits per heavy atom. The zero-order chi connectivity index (χ0) is 35.1. The van der Waals surface area contributed by atoms with Crippen LogP contribution in [0.15, 0.2) is 152 Å². The molecule has 2 heteroatoms. The molecule has 2 aromatic heterocycles. The first-order valence-corrected chi connectivity index (χ1v) is 21.7. The first-order valence-electron chi connectivity index (χ1n) is 20.0. The van der Waals surface area contributed by atoms with Crippen molar-refractivity contribution in [2.24, 2.45) is 23.7 Å². The fourth-order valence-corrected chi connectivity index (χ4v) is 14.9.